The molecule has 0 saturated carbocycles. The molecule has 1 atom stereocenters. The minimum Gasteiger partial charge on any atom is -0.478 e. The van der Waals surface area contributed by atoms with E-state index >= 15 is 0 Å². The molecule has 42 heavy (non-hydrogen) atoms. The predicted molar refractivity (Wildman–Crippen MR) is 161 cm³/mol. The third-order valence-electron chi connectivity index (χ3n) is 5.88. The second-order valence-corrected chi connectivity index (χ2v) is 10.5. The highest BCUT2D eigenvalue weighted by Crippen LogP contribution is 2.26. The molecule has 0 aliphatic heterocycles. The van der Waals surface area contributed by atoms with Crippen molar-refractivity contribution in [1.29, 1.82) is 0 Å². The molecule has 0 radical (unpaired) electrons. The van der Waals surface area contributed by atoms with Gasteiger partial charge in [0.05, 0.1) is 10.8 Å². The van der Waals surface area contributed by atoms with Gasteiger partial charge < -0.3 is 21.1 Å². The Balaban J connectivity index is 1.42. The number of benzene rings is 4. The van der Waals surface area contributed by atoms with Gasteiger partial charge in [-0.05, 0) is 85.3 Å². The number of hydrogen-bond donors (Lipinski definition) is 4. The van der Waals surface area contributed by atoms with E-state index in [-0.39, 0.29) is 17.2 Å². The second-order valence-electron chi connectivity index (χ2n) is 9.04. The quantitative estimate of drug-likeness (QED) is 0.133. The van der Waals surface area contributed by atoms with E-state index in [0.717, 1.165) is 4.90 Å². The molecule has 0 spiro atoms. The second kappa shape index (κ2) is 13.9. The van der Waals surface area contributed by atoms with Crippen molar-refractivity contribution in [3.05, 3.63) is 131 Å². The van der Waals surface area contributed by atoms with Crippen molar-refractivity contribution in [2.75, 3.05) is 10.6 Å². The van der Waals surface area contributed by atoms with Crippen molar-refractivity contribution >= 4 is 52.9 Å². The van der Waals surface area contributed by atoms with Gasteiger partial charge in [-0.25, -0.2) is 9.18 Å². The number of carbonyl (C=O) groups is 4. The van der Waals surface area contributed by atoms with Gasteiger partial charge in [0.1, 0.15) is 11.5 Å². The van der Waals surface area contributed by atoms with Crippen LogP contribution < -0.4 is 16.0 Å². The average Bonchev–Trinajstić information content (AvgIpc) is 2.99. The number of hydrogen-bond acceptors (Lipinski definition) is 5. The Bertz CT molecular complexity index is 1620. The Hall–Kier alpha value is -5.22. The fourth-order valence-corrected chi connectivity index (χ4v) is 4.58. The van der Waals surface area contributed by atoms with Gasteiger partial charge in [0, 0.05) is 21.8 Å². The molecule has 10 heteroatoms. The third-order valence-corrected chi connectivity index (χ3v) is 6.99. The number of aromatic carboxylic acids is 1. The Morgan fingerprint density at radius 3 is 2.12 bits per heavy atom. The van der Waals surface area contributed by atoms with Crippen LogP contribution in [0.25, 0.3) is 6.08 Å². The summed E-state index contributed by atoms with van der Waals surface area (Å²) >= 11 is 1.28. The van der Waals surface area contributed by atoms with Crippen molar-refractivity contribution in [3.8, 4) is 0 Å². The molecule has 0 heterocycles. The van der Waals surface area contributed by atoms with Crippen molar-refractivity contribution in [3.63, 3.8) is 0 Å². The Morgan fingerprint density at radius 1 is 0.786 bits per heavy atom. The molecule has 0 saturated heterocycles. The molecule has 0 aromatic heterocycles. The van der Waals surface area contributed by atoms with E-state index in [0.29, 0.717) is 22.5 Å². The molecule has 0 bridgehead atoms. The number of carbonyl (C=O) groups excluding carboxylic acids is 3. The van der Waals surface area contributed by atoms with Gasteiger partial charge in [-0.15, -0.1) is 11.8 Å². The van der Waals surface area contributed by atoms with E-state index in [1.807, 2.05) is 0 Å². The van der Waals surface area contributed by atoms with Gasteiger partial charge in [0.25, 0.3) is 11.8 Å². The first-order valence-corrected chi connectivity index (χ1v) is 13.6. The Labute approximate surface area is 245 Å². The largest absolute Gasteiger partial charge is 0.478 e. The summed E-state index contributed by atoms with van der Waals surface area (Å²) in [4.78, 5) is 50.5. The van der Waals surface area contributed by atoms with Crippen LogP contribution in [0.1, 0.15) is 33.2 Å². The third kappa shape index (κ3) is 8.39. The lowest BCUT2D eigenvalue weighted by Crippen LogP contribution is -2.30. The van der Waals surface area contributed by atoms with Crippen LogP contribution in [0.15, 0.2) is 114 Å². The molecule has 0 fully saturated rings. The zero-order valence-electron chi connectivity index (χ0n) is 22.3. The first-order chi connectivity index (χ1) is 20.2. The molecule has 4 aromatic carbocycles. The van der Waals surface area contributed by atoms with Crippen LogP contribution >= 0.6 is 11.8 Å². The van der Waals surface area contributed by atoms with E-state index in [1.165, 1.54) is 54.2 Å². The first kappa shape index (κ1) is 29.8. The minimum absolute atomic E-state index is 0.0360. The number of nitrogens with one attached hydrogen (secondary N) is 3. The summed E-state index contributed by atoms with van der Waals surface area (Å²) in [5.74, 6) is -2.88. The number of carboxylic acid groups (broad SMARTS) is 1. The zero-order chi connectivity index (χ0) is 30.1. The Kier molecular flexibility index (Phi) is 9.85. The molecule has 0 aliphatic rings. The fraction of sp³-hybridized carbons (Fsp3) is 0.0625. The summed E-state index contributed by atoms with van der Waals surface area (Å²) in [6.07, 6.45) is 1.45. The summed E-state index contributed by atoms with van der Waals surface area (Å²) in [5, 5.41) is 16.7. The Morgan fingerprint density at radius 2 is 1.45 bits per heavy atom. The normalized spacial score (nSPS) is 11.7. The summed E-state index contributed by atoms with van der Waals surface area (Å²) in [6.45, 7) is 1.72. The van der Waals surface area contributed by atoms with Crippen molar-refractivity contribution < 1.29 is 28.7 Å². The number of halogens is 1. The standard InChI is InChI=1S/C32H26FN3O5S/c1-20(29(37)35-26-9-5-8-23(19-26)32(40)41)42-27-16-14-25(15-17-27)34-31(39)28(18-21-10-12-24(33)13-11-21)36-30(38)22-6-3-2-4-7-22/h2-20H,1H3,(H,34,39)(H,35,37)(H,36,38)(H,40,41)/b28-18-. The lowest BCUT2D eigenvalue weighted by atomic mass is 10.1. The van der Waals surface area contributed by atoms with Crippen LogP contribution in [0.3, 0.4) is 0 Å². The van der Waals surface area contributed by atoms with E-state index in [4.69, 9.17) is 5.11 Å². The van der Waals surface area contributed by atoms with Gasteiger partial charge >= 0.3 is 5.97 Å². The molecule has 1 unspecified atom stereocenters. The SMILES string of the molecule is CC(Sc1ccc(NC(=O)/C(=C/c2ccc(F)cc2)NC(=O)c2ccccc2)cc1)C(=O)Nc1cccc(C(=O)O)c1. The summed E-state index contributed by atoms with van der Waals surface area (Å²) in [6, 6.07) is 26.7. The maximum absolute atomic E-state index is 13.4. The summed E-state index contributed by atoms with van der Waals surface area (Å²) in [5.41, 5.74) is 1.75. The minimum atomic E-state index is -1.09. The lowest BCUT2D eigenvalue weighted by Gasteiger charge is -2.14. The molecule has 4 rings (SSSR count). The monoisotopic (exact) mass is 583 g/mol. The zero-order valence-corrected chi connectivity index (χ0v) is 23.2. The summed E-state index contributed by atoms with van der Waals surface area (Å²) < 4.78 is 13.4. The molecule has 0 aliphatic carbocycles. The van der Waals surface area contributed by atoms with E-state index in [2.05, 4.69) is 16.0 Å². The van der Waals surface area contributed by atoms with Crippen LogP contribution in [0, 0.1) is 5.82 Å². The van der Waals surface area contributed by atoms with Crippen molar-refractivity contribution in [2.24, 2.45) is 0 Å². The maximum atomic E-state index is 13.4. The maximum Gasteiger partial charge on any atom is 0.335 e. The number of amides is 3. The number of thioether (sulfide) groups is 1. The van der Waals surface area contributed by atoms with Crippen molar-refractivity contribution in [1.82, 2.24) is 5.32 Å². The van der Waals surface area contributed by atoms with Gasteiger partial charge in [-0.1, -0.05) is 36.4 Å². The highest BCUT2D eigenvalue weighted by Gasteiger charge is 2.17. The summed E-state index contributed by atoms with van der Waals surface area (Å²) in [7, 11) is 0. The van der Waals surface area contributed by atoms with E-state index < -0.39 is 28.9 Å². The molecule has 8 nitrogen and oxygen atoms in total. The molecular weight excluding hydrogens is 557 g/mol. The van der Waals surface area contributed by atoms with Crippen LogP contribution in [-0.2, 0) is 9.59 Å². The van der Waals surface area contributed by atoms with Crippen LogP contribution in [0.5, 0.6) is 0 Å². The highest BCUT2D eigenvalue weighted by molar-refractivity contribution is 8.00. The predicted octanol–water partition coefficient (Wildman–Crippen LogP) is 6.05. The molecule has 3 amide bonds. The average molecular weight is 584 g/mol. The first-order valence-electron chi connectivity index (χ1n) is 12.7. The molecule has 4 N–H and O–H groups in total. The van der Waals surface area contributed by atoms with E-state index in [1.54, 1.807) is 73.7 Å². The number of rotatable bonds is 10. The van der Waals surface area contributed by atoms with Crippen molar-refractivity contribution in [2.45, 2.75) is 17.1 Å². The molecule has 212 valence electrons. The number of anilines is 2. The fourth-order valence-electron chi connectivity index (χ4n) is 3.71. The highest BCUT2D eigenvalue weighted by atomic mass is 32.2. The topological polar surface area (TPSA) is 125 Å². The number of carboxylic acids is 1. The van der Waals surface area contributed by atoms with Gasteiger partial charge in [0.2, 0.25) is 5.91 Å². The van der Waals surface area contributed by atoms with Crippen LogP contribution in [-0.4, -0.2) is 34.0 Å². The van der Waals surface area contributed by atoms with Gasteiger partial charge in [-0.3, -0.25) is 14.4 Å². The van der Waals surface area contributed by atoms with Gasteiger partial charge in [-0.2, -0.15) is 0 Å². The molecule has 4 aromatic rings. The van der Waals surface area contributed by atoms with Gasteiger partial charge in [0.15, 0.2) is 0 Å². The lowest BCUT2D eigenvalue weighted by molar-refractivity contribution is -0.115. The van der Waals surface area contributed by atoms with Crippen LogP contribution in [0.2, 0.25) is 0 Å². The van der Waals surface area contributed by atoms with E-state index in [9.17, 15) is 23.6 Å². The molecular formula is C32H26FN3O5S. The van der Waals surface area contributed by atoms with Crippen LogP contribution in [0.4, 0.5) is 15.8 Å². The smallest absolute Gasteiger partial charge is 0.335 e.